The number of aromatic amines is 1. The van der Waals surface area contributed by atoms with Crippen LogP contribution in [0.3, 0.4) is 0 Å². The molecule has 2 rings (SSSR count). The van der Waals surface area contributed by atoms with Gasteiger partial charge in [0.2, 0.25) is 0 Å². The molecule has 0 bridgehead atoms. The number of H-pyrrole nitrogens is 1. The van der Waals surface area contributed by atoms with Crippen LogP contribution in [-0.4, -0.2) is 54.1 Å². The molecule has 0 fully saturated rings. The maximum Gasteiger partial charge on any atom is 0.253 e. The second kappa shape index (κ2) is 7.77. The molecule has 0 unspecified atom stereocenters. The fourth-order valence-electron chi connectivity index (χ4n) is 2.67. The van der Waals surface area contributed by atoms with Gasteiger partial charge in [-0.3, -0.25) is 4.79 Å². The fraction of sp³-hybridized carbons (Fsp3) is 0.444. The lowest BCUT2D eigenvalue weighted by atomic mass is 10.0. The Hall–Kier alpha value is -1.92. The summed E-state index contributed by atoms with van der Waals surface area (Å²) in [4.78, 5) is 19.7. The molecule has 0 radical (unpaired) electrons. The number of nitrogens with one attached hydrogen (secondary N) is 2. The van der Waals surface area contributed by atoms with E-state index in [4.69, 9.17) is 12.2 Å². The summed E-state index contributed by atoms with van der Waals surface area (Å²) >= 11 is 5.40. The third-order valence-corrected chi connectivity index (χ3v) is 4.66. The number of hydrogen-bond acceptors (Lipinski definition) is 3. The first kappa shape index (κ1) is 18.4. The van der Waals surface area contributed by atoms with Crippen molar-refractivity contribution in [3.63, 3.8) is 0 Å². The van der Waals surface area contributed by atoms with Crippen LogP contribution in [0.1, 0.15) is 16.7 Å². The lowest BCUT2D eigenvalue weighted by Gasteiger charge is -2.26. The highest BCUT2D eigenvalue weighted by atomic mass is 32.1. The van der Waals surface area contributed by atoms with E-state index >= 15 is 0 Å². The first-order valence-electron chi connectivity index (χ1n) is 8.07. The van der Waals surface area contributed by atoms with E-state index in [9.17, 15) is 4.79 Å². The highest BCUT2D eigenvalue weighted by Crippen LogP contribution is 2.20. The molecule has 0 aliphatic carbocycles. The Morgan fingerprint density at radius 2 is 1.88 bits per heavy atom. The zero-order valence-electron chi connectivity index (χ0n) is 15.1. The number of rotatable bonds is 5. The molecule has 0 aliphatic rings. The molecule has 130 valence electrons. The van der Waals surface area contributed by atoms with Gasteiger partial charge in [-0.25, -0.2) is 0 Å². The smallest absolute Gasteiger partial charge is 0.253 e. The number of likely N-dealkylation sites (N-methyl/N-ethyl adjacent to an activating group) is 1. The van der Waals surface area contributed by atoms with E-state index in [1.165, 1.54) is 0 Å². The number of fused-ring (bicyclic) bond motifs is 1. The number of aromatic nitrogens is 1. The van der Waals surface area contributed by atoms with Crippen molar-refractivity contribution in [3.05, 3.63) is 45.2 Å². The molecule has 0 aliphatic heterocycles. The van der Waals surface area contributed by atoms with E-state index in [-0.39, 0.29) is 5.56 Å². The van der Waals surface area contributed by atoms with Crippen molar-refractivity contribution in [2.24, 2.45) is 0 Å². The summed E-state index contributed by atoms with van der Waals surface area (Å²) in [7, 11) is 5.86. The summed E-state index contributed by atoms with van der Waals surface area (Å²) in [6.45, 7) is 6.19. The molecule has 0 saturated heterocycles. The van der Waals surface area contributed by atoms with Crippen LogP contribution in [0.25, 0.3) is 10.9 Å². The minimum atomic E-state index is -0.0510. The maximum atomic E-state index is 12.5. The van der Waals surface area contributed by atoms with E-state index in [0.717, 1.165) is 40.7 Å². The first-order valence-corrected chi connectivity index (χ1v) is 8.47. The number of thiocarbonyl (C=S) groups is 1. The lowest BCUT2D eigenvalue weighted by molar-refractivity contribution is 0.323. The van der Waals surface area contributed by atoms with Gasteiger partial charge in [0.05, 0.1) is 12.1 Å². The van der Waals surface area contributed by atoms with Gasteiger partial charge in [-0.05, 0) is 57.4 Å². The summed E-state index contributed by atoms with van der Waals surface area (Å²) in [5, 5.41) is 4.75. The standard InChI is InChI=1S/C18H26N4OS/c1-12-6-7-13(2)16-15(12)10-14(17(23)20-16)11-22(18(24)19-3)9-8-21(4)5/h6-7,10H,8-9,11H2,1-5H3,(H,19,24)(H,20,23). The largest absolute Gasteiger partial charge is 0.366 e. The van der Waals surface area contributed by atoms with Crippen LogP contribution >= 0.6 is 12.2 Å². The zero-order valence-corrected chi connectivity index (χ0v) is 15.9. The van der Waals surface area contributed by atoms with Crippen molar-refractivity contribution >= 4 is 28.2 Å². The molecule has 2 aromatic rings. The average molecular weight is 347 g/mol. The van der Waals surface area contributed by atoms with E-state index in [2.05, 4.69) is 28.2 Å². The second-order valence-corrected chi connectivity index (χ2v) is 6.78. The Kier molecular flexibility index (Phi) is 5.96. The zero-order chi connectivity index (χ0) is 17.9. The topological polar surface area (TPSA) is 51.4 Å². The Morgan fingerprint density at radius 1 is 1.21 bits per heavy atom. The number of aryl methyl sites for hydroxylation is 2. The van der Waals surface area contributed by atoms with Gasteiger partial charge in [0.15, 0.2) is 5.11 Å². The number of hydrogen-bond donors (Lipinski definition) is 2. The summed E-state index contributed by atoms with van der Waals surface area (Å²) in [5.74, 6) is 0. The van der Waals surface area contributed by atoms with Crippen molar-refractivity contribution in [1.82, 2.24) is 20.1 Å². The molecule has 24 heavy (non-hydrogen) atoms. The summed E-state index contributed by atoms with van der Waals surface area (Å²) in [6.07, 6.45) is 0. The molecule has 0 saturated carbocycles. The first-order chi connectivity index (χ1) is 11.3. The molecule has 0 spiro atoms. The minimum Gasteiger partial charge on any atom is -0.366 e. The van der Waals surface area contributed by atoms with Crippen molar-refractivity contribution in [1.29, 1.82) is 0 Å². The van der Waals surface area contributed by atoms with Crippen molar-refractivity contribution in [2.75, 3.05) is 34.2 Å². The van der Waals surface area contributed by atoms with Gasteiger partial charge < -0.3 is 20.1 Å². The van der Waals surface area contributed by atoms with E-state index in [1.54, 1.807) is 0 Å². The minimum absolute atomic E-state index is 0.0510. The Labute approximate surface area is 148 Å². The predicted molar refractivity (Wildman–Crippen MR) is 105 cm³/mol. The molecule has 1 aromatic heterocycles. The molecule has 1 heterocycles. The molecule has 1 aromatic carbocycles. The van der Waals surface area contributed by atoms with Gasteiger partial charge in [0.25, 0.3) is 5.56 Å². The quantitative estimate of drug-likeness (QED) is 0.811. The van der Waals surface area contributed by atoms with Crippen LogP contribution in [0, 0.1) is 13.8 Å². The third-order valence-electron chi connectivity index (χ3n) is 4.20. The molecule has 5 nitrogen and oxygen atoms in total. The average Bonchev–Trinajstić information content (AvgIpc) is 2.55. The van der Waals surface area contributed by atoms with Gasteiger partial charge in [-0.15, -0.1) is 0 Å². The second-order valence-electron chi connectivity index (χ2n) is 6.39. The van der Waals surface area contributed by atoms with Crippen LogP contribution < -0.4 is 10.9 Å². The highest BCUT2D eigenvalue weighted by molar-refractivity contribution is 7.80. The summed E-state index contributed by atoms with van der Waals surface area (Å²) in [5.41, 5.74) is 3.83. The van der Waals surface area contributed by atoms with Crippen molar-refractivity contribution in [3.8, 4) is 0 Å². The highest BCUT2D eigenvalue weighted by Gasteiger charge is 2.13. The van der Waals surface area contributed by atoms with Crippen LogP contribution in [0.5, 0.6) is 0 Å². The third kappa shape index (κ3) is 4.13. The molecular formula is C18H26N4OS. The van der Waals surface area contributed by atoms with Gasteiger partial charge in [0, 0.05) is 31.1 Å². The normalized spacial score (nSPS) is 11.1. The van der Waals surface area contributed by atoms with Gasteiger partial charge in [-0.2, -0.15) is 0 Å². The van der Waals surface area contributed by atoms with Crippen molar-refractivity contribution < 1.29 is 0 Å². The SMILES string of the molecule is CNC(=S)N(CCN(C)C)Cc1cc2c(C)ccc(C)c2[nH]c1=O. The van der Waals surface area contributed by atoms with Crippen LogP contribution in [0.15, 0.2) is 23.0 Å². The van der Waals surface area contributed by atoms with Crippen LogP contribution in [0.2, 0.25) is 0 Å². The van der Waals surface area contributed by atoms with E-state index < -0.39 is 0 Å². The summed E-state index contributed by atoms with van der Waals surface area (Å²) in [6, 6.07) is 6.12. The Bertz CT molecular complexity index is 797. The Balaban J connectivity index is 2.39. The molecule has 6 heteroatoms. The number of pyridine rings is 1. The monoisotopic (exact) mass is 346 g/mol. The van der Waals surface area contributed by atoms with Gasteiger partial charge in [0.1, 0.15) is 0 Å². The summed E-state index contributed by atoms with van der Waals surface area (Å²) < 4.78 is 0. The fourth-order valence-corrected chi connectivity index (χ4v) is 2.83. The van der Waals surface area contributed by atoms with E-state index in [0.29, 0.717) is 11.7 Å². The van der Waals surface area contributed by atoms with Crippen molar-refractivity contribution in [2.45, 2.75) is 20.4 Å². The molecule has 0 amide bonds. The molecule has 0 atom stereocenters. The number of nitrogens with zero attached hydrogens (tertiary/aromatic N) is 2. The number of benzene rings is 1. The predicted octanol–water partition coefficient (Wildman–Crippen LogP) is 2.01. The Morgan fingerprint density at radius 3 is 2.50 bits per heavy atom. The van der Waals surface area contributed by atoms with Gasteiger partial charge >= 0.3 is 0 Å². The maximum absolute atomic E-state index is 12.5. The van der Waals surface area contributed by atoms with E-state index in [1.807, 2.05) is 45.1 Å². The molecule has 2 N–H and O–H groups in total. The van der Waals surface area contributed by atoms with Gasteiger partial charge in [-0.1, -0.05) is 12.1 Å². The molecular weight excluding hydrogens is 320 g/mol. The van der Waals surface area contributed by atoms with Crippen LogP contribution in [-0.2, 0) is 6.54 Å². The lowest BCUT2D eigenvalue weighted by Crippen LogP contribution is -2.42. The van der Waals surface area contributed by atoms with Crippen LogP contribution in [0.4, 0.5) is 0 Å².